The van der Waals surface area contributed by atoms with Crippen molar-refractivity contribution in [2.45, 2.75) is 6.92 Å². The molecule has 0 spiro atoms. The van der Waals surface area contributed by atoms with Crippen molar-refractivity contribution >= 4 is 10.9 Å². The molecule has 0 saturated carbocycles. The third-order valence-electron chi connectivity index (χ3n) is 2.87. The van der Waals surface area contributed by atoms with E-state index in [2.05, 4.69) is 15.2 Å². The molecule has 0 bridgehead atoms. The summed E-state index contributed by atoms with van der Waals surface area (Å²) < 4.78 is 0. The molecule has 2 heterocycles. The number of rotatable bonds is 1. The number of aromatic amines is 1. The van der Waals surface area contributed by atoms with Gasteiger partial charge in [0.05, 0.1) is 0 Å². The largest absolute Gasteiger partial charge is 0.290 e. The highest BCUT2D eigenvalue weighted by atomic mass is 16.1. The van der Waals surface area contributed by atoms with Gasteiger partial charge in [-0.25, -0.2) is 5.10 Å². The van der Waals surface area contributed by atoms with Crippen LogP contribution in [0.5, 0.6) is 0 Å². The highest BCUT2D eigenvalue weighted by Gasteiger charge is 2.08. The molecule has 0 aliphatic heterocycles. The molecule has 4 nitrogen and oxygen atoms in total. The van der Waals surface area contributed by atoms with E-state index >= 15 is 0 Å². The van der Waals surface area contributed by atoms with Crippen molar-refractivity contribution in [3.05, 3.63) is 58.5 Å². The first-order chi connectivity index (χ1) is 8.75. The van der Waals surface area contributed by atoms with Crippen LogP contribution < -0.4 is 5.56 Å². The van der Waals surface area contributed by atoms with E-state index in [0.717, 1.165) is 16.6 Å². The van der Waals surface area contributed by atoms with Gasteiger partial charge in [-0.1, -0.05) is 29.8 Å². The fourth-order valence-corrected chi connectivity index (χ4v) is 1.93. The average Bonchev–Trinajstić information content (AvgIpc) is 2.41. The van der Waals surface area contributed by atoms with Gasteiger partial charge in [-0.05, 0) is 19.1 Å². The number of hydrogen-bond donors (Lipinski definition) is 1. The maximum atomic E-state index is 11.6. The molecule has 0 atom stereocenters. The molecule has 0 radical (unpaired) electrons. The standard InChI is InChI=1S/C14H11N3O/c1-9-4-6-10(7-5-9)12-11-3-2-8-15-13(11)14(18)17-16-12/h2-8H,1H3,(H,17,18). The Bertz CT molecular complexity index is 760. The maximum Gasteiger partial charge on any atom is 0.290 e. The van der Waals surface area contributed by atoms with Crippen molar-refractivity contribution in [3.63, 3.8) is 0 Å². The van der Waals surface area contributed by atoms with Crippen molar-refractivity contribution in [3.8, 4) is 11.3 Å². The van der Waals surface area contributed by atoms with Gasteiger partial charge in [0.1, 0.15) is 11.2 Å². The van der Waals surface area contributed by atoms with Crippen LogP contribution in [0.15, 0.2) is 47.4 Å². The Balaban J connectivity index is 2.33. The fraction of sp³-hybridized carbons (Fsp3) is 0.0714. The van der Waals surface area contributed by atoms with Crippen LogP contribution in [0, 0.1) is 6.92 Å². The number of nitrogens with zero attached hydrogens (tertiary/aromatic N) is 2. The van der Waals surface area contributed by atoms with Gasteiger partial charge in [0.2, 0.25) is 0 Å². The molecule has 1 N–H and O–H groups in total. The summed E-state index contributed by atoms with van der Waals surface area (Å²) in [7, 11) is 0. The number of nitrogens with one attached hydrogen (secondary N) is 1. The van der Waals surface area contributed by atoms with Crippen LogP contribution in [0.1, 0.15) is 5.56 Å². The van der Waals surface area contributed by atoms with Gasteiger partial charge in [-0.15, -0.1) is 0 Å². The topological polar surface area (TPSA) is 58.6 Å². The molecule has 1 aromatic carbocycles. The minimum absolute atomic E-state index is 0.263. The van der Waals surface area contributed by atoms with Crippen molar-refractivity contribution < 1.29 is 0 Å². The lowest BCUT2D eigenvalue weighted by atomic mass is 10.1. The summed E-state index contributed by atoms with van der Waals surface area (Å²) in [5.41, 5.74) is 3.06. The molecular formula is C14H11N3O. The SMILES string of the molecule is Cc1ccc(-c2n[nH]c(=O)c3ncccc23)cc1. The first kappa shape index (κ1) is 10.7. The summed E-state index contributed by atoms with van der Waals surface area (Å²) >= 11 is 0. The normalized spacial score (nSPS) is 10.7. The highest BCUT2D eigenvalue weighted by molar-refractivity contribution is 5.91. The van der Waals surface area contributed by atoms with Crippen molar-refractivity contribution in [2.75, 3.05) is 0 Å². The molecule has 3 rings (SSSR count). The van der Waals surface area contributed by atoms with Crippen LogP contribution in [0.3, 0.4) is 0 Å². The van der Waals surface area contributed by atoms with Gasteiger partial charge in [-0.2, -0.15) is 5.10 Å². The molecule has 0 unspecified atom stereocenters. The predicted molar refractivity (Wildman–Crippen MR) is 70.3 cm³/mol. The number of aryl methyl sites for hydroxylation is 1. The third-order valence-corrected chi connectivity index (χ3v) is 2.87. The van der Waals surface area contributed by atoms with Crippen LogP contribution in [0.2, 0.25) is 0 Å². The zero-order chi connectivity index (χ0) is 12.5. The Kier molecular flexibility index (Phi) is 2.41. The summed E-state index contributed by atoms with van der Waals surface area (Å²) in [5, 5.41) is 7.39. The molecule has 88 valence electrons. The first-order valence-corrected chi connectivity index (χ1v) is 5.66. The second kappa shape index (κ2) is 4.07. The van der Waals surface area contributed by atoms with Crippen LogP contribution in [0.25, 0.3) is 22.2 Å². The van der Waals surface area contributed by atoms with Crippen LogP contribution in [0.4, 0.5) is 0 Å². The van der Waals surface area contributed by atoms with Crippen molar-refractivity contribution in [1.29, 1.82) is 0 Å². The van der Waals surface area contributed by atoms with Gasteiger partial charge in [0, 0.05) is 17.1 Å². The number of fused-ring (bicyclic) bond motifs is 1. The number of aromatic nitrogens is 3. The maximum absolute atomic E-state index is 11.6. The lowest BCUT2D eigenvalue weighted by molar-refractivity contribution is 1.01. The Morgan fingerprint density at radius 2 is 1.89 bits per heavy atom. The van der Waals surface area contributed by atoms with Gasteiger partial charge >= 0.3 is 0 Å². The van der Waals surface area contributed by atoms with Crippen molar-refractivity contribution in [2.24, 2.45) is 0 Å². The minimum atomic E-state index is -0.263. The number of pyridine rings is 1. The first-order valence-electron chi connectivity index (χ1n) is 5.66. The Labute approximate surface area is 103 Å². The monoisotopic (exact) mass is 237 g/mol. The van der Waals surface area contributed by atoms with Gasteiger partial charge in [0.15, 0.2) is 0 Å². The van der Waals surface area contributed by atoms with E-state index in [-0.39, 0.29) is 5.56 Å². The predicted octanol–water partition coefficient (Wildman–Crippen LogP) is 2.29. The van der Waals surface area contributed by atoms with E-state index < -0.39 is 0 Å². The number of benzene rings is 1. The number of hydrogen-bond acceptors (Lipinski definition) is 3. The lowest BCUT2D eigenvalue weighted by Crippen LogP contribution is -2.10. The molecule has 4 heteroatoms. The van der Waals surface area contributed by atoms with Gasteiger partial charge < -0.3 is 0 Å². The zero-order valence-corrected chi connectivity index (χ0v) is 9.84. The van der Waals surface area contributed by atoms with E-state index in [1.54, 1.807) is 12.3 Å². The molecule has 0 aliphatic carbocycles. The average molecular weight is 237 g/mol. The van der Waals surface area contributed by atoms with E-state index in [9.17, 15) is 4.79 Å². The van der Waals surface area contributed by atoms with E-state index in [1.165, 1.54) is 5.56 Å². The molecule has 2 aromatic heterocycles. The number of H-pyrrole nitrogens is 1. The third kappa shape index (κ3) is 1.68. The Morgan fingerprint density at radius 3 is 2.67 bits per heavy atom. The second-order valence-corrected chi connectivity index (χ2v) is 4.17. The van der Waals surface area contributed by atoms with Crippen LogP contribution >= 0.6 is 0 Å². The van der Waals surface area contributed by atoms with Crippen molar-refractivity contribution in [1.82, 2.24) is 15.2 Å². The molecule has 3 aromatic rings. The fourth-order valence-electron chi connectivity index (χ4n) is 1.93. The van der Waals surface area contributed by atoms with E-state index in [4.69, 9.17) is 0 Å². The van der Waals surface area contributed by atoms with E-state index in [0.29, 0.717) is 5.52 Å². The smallest absolute Gasteiger partial charge is 0.266 e. The Morgan fingerprint density at radius 1 is 1.11 bits per heavy atom. The molecule has 0 amide bonds. The quantitative estimate of drug-likeness (QED) is 0.706. The van der Waals surface area contributed by atoms with Crippen LogP contribution in [-0.4, -0.2) is 15.2 Å². The molecular weight excluding hydrogens is 226 g/mol. The Hall–Kier alpha value is -2.49. The van der Waals surface area contributed by atoms with Crippen LogP contribution in [-0.2, 0) is 0 Å². The molecule has 0 fully saturated rings. The highest BCUT2D eigenvalue weighted by Crippen LogP contribution is 2.23. The summed E-state index contributed by atoms with van der Waals surface area (Å²) in [4.78, 5) is 15.7. The summed E-state index contributed by atoms with van der Waals surface area (Å²) in [6.45, 7) is 2.03. The molecule has 18 heavy (non-hydrogen) atoms. The van der Waals surface area contributed by atoms with Gasteiger partial charge in [-0.3, -0.25) is 9.78 Å². The zero-order valence-electron chi connectivity index (χ0n) is 9.84. The van der Waals surface area contributed by atoms with Gasteiger partial charge in [0.25, 0.3) is 5.56 Å². The summed E-state index contributed by atoms with van der Waals surface area (Å²) in [6.07, 6.45) is 1.61. The molecule has 0 saturated heterocycles. The second-order valence-electron chi connectivity index (χ2n) is 4.17. The molecule has 0 aliphatic rings. The van der Waals surface area contributed by atoms with E-state index in [1.807, 2.05) is 37.3 Å². The summed E-state index contributed by atoms with van der Waals surface area (Å²) in [6, 6.07) is 11.7. The summed E-state index contributed by atoms with van der Waals surface area (Å²) in [5.74, 6) is 0. The minimum Gasteiger partial charge on any atom is -0.266 e. The lowest BCUT2D eigenvalue weighted by Gasteiger charge is -2.04.